The van der Waals surface area contributed by atoms with E-state index in [0.29, 0.717) is 40.5 Å². The SMILES string of the molecule is Fc1cc2ccc(COc3ccc4c(c3)C(SCc3nn[nH]n3)c3cccnc3CO4)nc2cc1F. The number of nitrogens with zero attached hydrogens (tertiary/aromatic N) is 5. The Labute approximate surface area is 208 Å². The first-order valence-corrected chi connectivity index (χ1v) is 12.1. The van der Waals surface area contributed by atoms with Gasteiger partial charge >= 0.3 is 0 Å². The lowest BCUT2D eigenvalue weighted by molar-refractivity contribution is 0.293. The van der Waals surface area contributed by atoms with Gasteiger partial charge in [0.25, 0.3) is 0 Å². The number of H-pyrrole nitrogens is 1. The number of pyridine rings is 2. The number of tetrazole rings is 1. The minimum Gasteiger partial charge on any atom is -0.487 e. The maximum atomic E-state index is 13.6. The highest BCUT2D eigenvalue weighted by molar-refractivity contribution is 7.98. The molecule has 0 fully saturated rings. The molecule has 4 heterocycles. The van der Waals surface area contributed by atoms with Crippen LogP contribution in [0.5, 0.6) is 11.5 Å². The number of aromatic nitrogens is 6. The topological polar surface area (TPSA) is 98.7 Å². The molecular weight excluding hydrogens is 486 g/mol. The Morgan fingerprint density at radius 3 is 2.86 bits per heavy atom. The predicted octanol–water partition coefficient (Wildman–Crippen LogP) is 4.92. The molecule has 2 aromatic carbocycles. The van der Waals surface area contributed by atoms with Gasteiger partial charge in [0, 0.05) is 23.2 Å². The van der Waals surface area contributed by atoms with Gasteiger partial charge in [-0.2, -0.15) is 5.21 Å². The number of rotatable bonds is 6. The quantitative estimate of drug-likeness (QED) is 0.348. The predicted molar refractivity (Wildman–Crippen MR) is 128 cm³/mol. The van der Waals surface area contributed by atoms with Crippen LogP contribution in [0.25, 0.3) is 10.9 Å². The standard InChI is InChI=1S/C25H18F2N6O2S/c26-19-8-14-3-4-15(29-21(14)10-20(19)27)11-34-16-5-6-23-18(9-16)25(36-13-24-30-32-33-31-24)17-2-1-7-28-22(17)12-35-23/h1-10,25H,11-13H2,(H,30,31,32,33). The minimum absolute atomic E-state index is 0.0927. The highest BCUT2D eigenvalue weighted by atomic mass is 32.2. The summed E-state index contributed by atoms with van der Waals surface area (Å²) in [6.45, 7) is 0.522. The maximum absolute atomic E-state index is 13.6. The molecule has 0 aliphatic carbocycles. The van der Waals surface area contributed by atoms with Crippen LogP contribution in [0, 0.1) is 11.6 Å². The molecule has 3 aromatic heterocycles. The molecular formula is C25H18F2N6O2S. The Balaban J connectivity index is 1.28. The molecule has 11 heteroatoms. The molecule has 8 nitrogen and oxygen atoms in total. The third-order valence-corrected chi connectivity index (χ3v) is 7.05. The van der Waals surface area contributed by atoms with E-state index in [-0.39, 0.29) is 11.9 Å². The Kier molecular flexibility index (Phi) is 5.90. The first-order chi connectivity index (χ1) is 17.6. The van der Waals surface area contributed by atoms with Crippen molar-refractivity contribution < 1.29 is 18.3 Å². The highest BCUT2D eigenvalue weighted by Gasteiger charge is 2.27. The first kappa shape index (κ1) is 22.4. The molecule has 6 rings (SSSR count). The fourth-order valence-corrected chi connectivity index (χ4v) is 5.25. The first-order valence-electron chi connectivity index (χ1n) is 11.1. The van der Waals surface area contributed by atoms with Crippen LogP contribution < -0.4 is 9.47 Å². The Morgan fingerprint density at radius 1 is 1.06 bits per heavy atom. The molecule has 1 aliphatic rings. The van der Waals surface area contributed by atoms with Crippen molar-refractivity contribution in [1.82, 2.24) is 30.6 Å². The number of benzene rings is 2. The van der Waals surface area contributed by atoms with Crippen molar-refractivity contribution in [2.75, 3.05) is 0 Å². The fraction of sp³-hybridized carbons (Fsp3) is 0.160. The van der Waals surface area contributed by atoms with Crippen molar-refractivity contribution >= 4 is 22.7 Å². The lowest BCUT2D eigenvalue weighted by atomic mass is 10.0. The summed E-state index contributed by atoms with van der Waals surface area (Å²) in [7, 11) is 0. The second-order valence-electron chi connectivity index (χ2n) is 8.10. The van der Waals surface area contributed by atoms with E-state index < -0.39 is 11.6 Å². The second kappa shape index (κ2) is 9.50. The average Bonchev–Trinajstić information content (AvgIpc) is 3.36. The number of nitrogens with one attached hydrogen (secondary N) is 1. The average molecular weight is 505 g/mol. The van der Waals surface area contributed by atoms with Crippen molar-refractivity contribution in [2.45, 2.75) is 24.2 Å². The van der Waals surface area contributed by atoms with Gasteiger partial charge in [-0.25, -0.2) is 13.8 Å². The third-order valence-electron chi connectivity index (χ3n) is 5.78. The summed E-state index contributed by atoms with van der Waals surface area (Å²) in [5.74, 6) is 0.678. The maximum Gasteiger partial charge on any atom is 0.184 e. The van der Waals surface area contributed by atoms with E-state index in [0.717, 1.165) is 34.7 Å². The van der Waals surface area contributed by atoms with Crippen LogP contribution in [0.1, 0.15) is 33.6 Å². The smallest absolute Gasteiger partial charge is 0.184 e. The summed E-state index contributed by atoms with van der Waals surface area (Å²) in [5.41, 5.74) is 3.82. The van der Waals surface area contributed by atoms with Crippen LogP contribution >= 0.6 is 11.8 Å². The Bertz CT molecular complexity index is 1550. The van der Waals surface area contributed by atoms with Crippen LogP contribution in [0.2, 0.25) is 0 Å². The van der Waals surface area contributed by atoms with Crippen molar-refractivity contribution in [2.24, 2.45) is 0 Å². The van der Waals surface area contributed by atoms with Gasteiger partial charge in [-0.3, -0.25) is 4.98 Å². The zero-order valence-corrected chi connectivity index (χ0v) is 19.5. The molecule has 0 saturated heterocycles. The lowest BCUT2D eigenvalue weighted by Crippen LogP contribution is -2.03. The molecule has 1 atom stereocenters. The van der Waals surface area contributed by atoms with E-state index in [2.05, 4.69) is 30.6 Å². The zero-order valence-electron chi connectivity index (χ0n) is 18.7. The molecule has 1 unspecified atom stereocenters. The van der Waals surface area contributed by atoms with Crippen LogP contribution in [-0.4, -0.2) is 30.6 Å². The number of aromatic amines is 1. The van der Waals surface area contributed by atoms with E-state index in [4.69, 9.17) is 9.47 Å². The number of thioether (sulfide) groups is 1. The largest absolute Gasteiger partial charge is 0.487 e. The molecule has 0 saturated carbocycles. The summed E-state index contributed by atoms with van der Waals surface area (Å²) in [5, 5.41) is 14.7. The van der Waals surface area contributed by atoms with E-state index in [9.17, 15) is 8.78 Å². The molecule has 1 N–H and O–H groups in total. The van der Waals surface area contributed by atoms with Gasteiger partial charge in [0.1, 0.15) is 24.7 Å². The third kappa shape index (κ3) is 4.44. The lowest BCUT2D eigenvalue weighted by Gasteiger charge is -2.18. The van der Waals surface area contributed by atoms with Crippen molar-refractivity contribution in [3.63, 3.8) is 0 Å². The van der Waals surface area contributed by atoms with Crippen LogP contribution in [-0.2, 0) is 19.0 Å². The van der Waals surface area contributed by atoms with E-state index >= 15 is 0 Å². The molecule has 1 aliphatic heterocycles. The molecule has 0 radical (unpaired) electrons. The van der Waals surface area contributed by atoms with Crippen LogP contribution in [0.4, 0.5) is 8.78 Å². The highest BCUT2D eigenvalue weighted by Crippen LogP contribution is 2.45. The van der Waals surface area contributed by atoms with Crippen LogP contribution in [0.3, 0.4) is 0 Å². The molecule has 36 heavy (non-hydrogen) atoms. The summed E-state index contributed by atoms with van der Waals surface area (Å²) in [4.78, 5) is 8.92. The monoisotopic (exact) mass is 504 g/mol. The van der Waals surface area contributed by atoms with Gasteiger partial charge in [-0.1, -0.05) is 17.3 Å². The summed E-state index contributed by atoms with van der Waals surface area (Å²) < 4.78 is 39.2. The van der Waals surface area contributed by atoms with Gasteiger partial charge in [0.15, 0.2) is 17.5 Å². The number of fused-ring (bicyclic) bond motifs is 3. The number of hydrogen-bond acceptors (Lipinski definition) is 8. The van der Waals surface area contributed by atoms with E-state index in [1.165, 1.54) is 0 Å². The van der Waals surface area contributed by atoms with Gasteiger partial charge in [0.05, 0.1) is 27.9 Å². The Morgan fingerprint density at radius 2 is 1.97 bits per heavy atom. The van der Waals surface area contributed by atoms with E-state index in [1.807, 2.05) is 30.3 Å². The van der Waals surface area contributed by atoms with Gasteiger partial charge in [-0.15, -0.1) is 22.0 Å². The van der Waals surface area contributed by atoms with Crippen molar-refractivity contribution in [1.29, 1.82) is 0 Å². The minimum atomic E-state index is -0.932. The molecule has 0 bridgehead atoms. The van der Waals surface area contributed by atoms with Crippen molar-refractivity contribution in [3.05, 3.63) is 101 Å². The Hall–Kier alpha value is -4.12. The zero-order chi connectivity index (χ0) is 24.5. The number of ether oxygens (including phenoxy) is 2. The van der Waals surface area contributed by atoms with E-state index in [1.54, 1.807) is 30.1 Å². The number of hydrogen-bond donors (Lipinski definition) is 1. The number of halogens is 2. The molecule has 5 aromatic rings. The normalized spacial score (nSPS) is 14.6. The molecule has 0 spiro atoms. The van der Waals surface area contributed by atoms with Crippen molar-refractivity contribution in [3.8, 4) is 11.5 Å². The summed E-state index contributed by atoms with van der Waals surface area (Å²) in [6, 6.07) is 15.3. The van der Waals surface area contributed by atoms with Gasteiger partial charge < -0.3 is 9.47 Å². The fourth-order valence-electron chi connectivity index (χ4n) is 4.05. The second-order valence-corrected chi connectivity index (χ2v) is 9.19. The van der Waals surface area contributed by atoms with Crippen LogP contribution in [0.15, 0.2) is 60.8 Å². The van der Waals surface area contributed by atoms with Gasteiger partial charge in [0.2, 0.25) is 0 Å². The summed E-state index contributed by atoms with van der Waals surface area (Å²) >= 11 is 1.64. The summed E-state index contributed by atoms with van der Waals surface area (Å²) in [6.07, 6.45) is 1.75. The molecule has 180 valence electrons. The molecule has 0 amide bonds. The van der Waals surface area contributed by atoms with Gasteiger partial charge in [-0.05, 0) is 42.0 Å².